The van der Waals surface area contributed by atoms with Crippen molar-refractivity contribution in [2.24, 2.45) is 0 Å². The van der Waals surface area contributed by atoms with Crippen molar-refractivity contribution in [3.63, 3.8) is 0 Å². The van der Waals surface area contributed by atoms with Gasteiger partial charge in [0.1, 0.15) is 12.1 Å². The molecular formula is C17H19N3O2. The summed E-state index contributed by atoms with van der Waals surface area (Å²) in [4.78, 5) is 20.5. The van der Waals surface area contributed by atoms with Crippen molar-refractivity contribution < 1.29 is 9.53 Å². The minimum absolute atomic E-state index is 0.157. The summed E-state index contributed by atoms with van der Waals surface area (Å²) in [6.07, 6.45) is 3.42. The molecular weight excluding hydrogens is 278 g/mol. The number of carbonyl (C=O) groups is 1. The standard InChI is InChI=1S/C17H19N3O2/c1-12(22-15-5-3-2-4-6-15)17(21)18-10-14-9-16(13-7-8-13)20-11-19-14/h2-6,9,11-13H,7-8,10H2,1H3,(H,18,21). The zero-order valence-corrected chi connectivity index (χ0v) is 12.5. The summed E-state index contributed by atoms with van der Waals surface area (Å²) in [6, 6.07) is 11.3. The summed E-state index contributed by atoms with van der Waals surface area (Å²) in [6.45, 7) is 2.13. The Hall–Kier alpha value is -2.43. The van der Waals surface area contributed by atoms with E-state index in [9.17, 15) is 4.79 Å². The smallest absolute Gasteiger partial charge is 0.261 e. The van der Waals surface area contributed by atoms with Crippen LogP contribution in [0.4, 0.5) is 0 Å². The van der Waals surface area contributed by atoms with Crippen LogP contribution in [-0.4, -0.2) is 22.0 Å². The highest BCUT2D eigenvalue weighted by atomic mass is 16.5. The third kappa shape index (κ3) is 3.81. The van der Waals surface area contributed by atoms with Crippen molar-refractivity contribution in [2.45, 2.75) is 38.3 Å². The fraction of sp³-hybridized carbons (Fsp3) is 0.353. The fourth-order valence-corrected chi connectivity index (χ4v) is 2.19. The van der Waals surface area contributed by atoms with Crippen molar-refractivity contribution in [3.8, 4) is 5.75 Å². The Labute approximate surface area is 129 Å². The van der Waals surface area contributed by atoms with E-state index >= 15 is 0 Å². The van der Waals surface area contributed by atoms with Crippen LogP contribution in [0.3, 0.4) is 0 Å². The van der Waals surface area contributed by atoms with E-state index in [1.165, 1.54) is 12.8 Å². The molecule has 1 aromatic carbocycles. The molecule has 5 heteroatoms. The Balaban J connectivity index is 1.52. The lowest BCUT2D eigenvalue weighted by atomic mass is 10.2. The zero-order chi connectivity index (χ0) is 15.4. The van der Waals surface area contributed by atoms with Crippen LogP contribution in [0.2, 0.25) is 0 Å². The number of aromatic nitrogens is 2. The van der Waals surface area contributed by atoms with Gasteiger partial charge in [0.25, 0.3) is 5.91 Å². The Morgan fingerprint density at radius 1 is 1.32 bits per heavy atom. The number of ether oxygens (including phenoxy) is 1. The molecule has 2 aromatic rings. The second-order valence-corrected chi connectivity index (χ2v) is 5.50. The molecule has 1 aliphatic rings. The summed E-state index contributed by atoms with van der Waals surface area (Å²) in [5.74, 6) is 1.11. The number of benzene rings is 1. The predicted octanol–water partition coefficient (Wildman–Crippen LogP) is 2.44. The molecule has 1 atom stereocenters. The minimum atomic E-state index is -0.549. The first kappa shape index (κ1) is 14.5. The van der Waals surface area contributed by atoms with Gasteiger partial charge in [-0.1, -0.05) is 18.2 Å². The Morgan fingerprint density at radius 3 is 2.82 bits per heavy atom. The van der Waals surface area contributed by atoms with E-state index in [2.05, 4.69) is 15.3 Å². The number of nitrogens with one attached hydrogen (secondary N) is 1. The molecule has 1 heterocycles. The molecule has 1 saturated carbocycles. The zero-order valence-electron chi connectivity index (χ0n) is 12.5. The van der Waals surface area contributed by atoms with Gasteiger partial charge < -0.3 is 10.1 Å². The van der Waals surface area contributed by atoms with Gasteiger partial charge in [0.2, 0.25) is 0 Å². The van der Waals surface area contributed by atoms with Crippen molar-refractivity contribution in [1.82, 2.24) is 15.3 Å². The second-order valence-electron chi connectivity index (χ2n) is 5.50. The van der Waals surface area contributed by atoms with Crippen LogP contribution in [0.5, 0.6) is 5.75 Å². The molecule has 1 fully saturated rings. The van der Waals surface area contributed by atoms with Crippen LogP contribution in [-0.2, 0) is 11.3 Å². The maximum absolute atomic E-state index is 12.1. The topological polar surface area (TPSA) is 64.1 Å². The van der Waals surface area contributed by atoms with Gasteiger partial charge in [-0.3, -0.25) is 4.79 Å². The van der Waals surface area contributed by atoms with Crippen molar-refractivity contribution in [1.29, 1.82) is 0 Å². The summed E-state index contributed by atoms with van der Waals surface area (Å²) < 4.78 is 5.59. The summed E-state index contributed by atoms with van der Waals surface area (Å²) in [5, 5.41) is 2.85. The van der Waals surface area contributed by atoms with E-state index in [1.54, 1.807) is 13.3 Å². The van der Waals surface area contributed by atoms with Gasteiger partial charge in [0, 0.05) is 11.6 Å². The Kier molecular flexibility index (Phi) is 4.32. The quantitative estimate of drug-likeness (QED) is 0.889. The van der Waals surface area contributed by atoms with E-state index in [4.69, 9.17) is 4.74 Å². The average Bonchev–Trinajstić information content (AvgIpc) is 3.39. The van der Waals surface area contributed by atoms with Gasteiger partial charge in [-0.2, -0.15) is 0 Å². The van der Waals surface area contributed by atoms with E-state index < -0.39 is 6.10 Å². The average molecular weight is 297 g/mol. The third-order valence-electron chi connectivity index (χ3n) is 3.61. The molecule has 1 unspecified atom stereocenters. The van der Waals surface area contributed by atoms with Crippen LogP contribution in [0.15, 0.2) is 42.7 Å². The highest BCUT2D eigenvalue weighted by Gasteiger charge is 2.25. The number of carbonyl (C=O) groups excluding carboxylic acids is 1. The number of nitrogens with zero attached hydrogens (tertiary/aromatic N) is 2. The highest BCUT2D eigenvalue weighted by Crippen LogP contribution is 2.38. The van der Waals surface area contributed by atoms with Crippen LogP contribution in [0.1, 0.15) is 37.1 Å². The highest BCUT2D eigenvalue weighted by molar-refractivity contribution is 5.80. The molecule has 0 spiro atoms. The van der Waals surface area contributed by atoms with Crippen LogP contribution >= 0.6 is 0 Å². The molecule has 0 radical (unpaired) electrons. The van der Waals surface area contributed by atoms with Crippen LogP contribution in [0, 0.1) is 0 Å². The third-order valence-corrected chi connectivity index (χ3v) is 3.61. The Morgan fingerprint density at radius 2 is 2.09 bits per heavy atom. The van der Waals surface area contributed by atoms with Crippen molar-refractivity contribution >= 4 is 5.91 Å². The molecule has 1 N–H and O–H groups in total. The lowest BCUT2D eigenvalue weighted by molar-refractivity contribution is -0.127. The lowest BCUT2D eigenvalue weighted by Gasteiger charge is -2.14. The molecule has 5 nitrogen and oxygen atoms in total. The minimum Gasteiger partial charge on any atom is -0.481 e. The molecule has 1 aliphatic carbocycles. The number of rotatable bonds is 6. The lowest BCUT2D eigenvalue weighted by Crippen LogP contribution is -2.36. The first-order chi connectivity index (χ1) is 10.7. The molecule has 1 aromatic heterocycles. The van der Waals surface area contributed by atoms with Gasteiger partial charge in [-0.05, 0) is 38.0 Å². The maximum Gasteiger partial charge on any atom is 0.261 e. The van der Waals surface area contributed by atoms with E-state index in [0.29, 0.717) is 18.2 Å². The fourth-order valence-electron chi connectivity index (χ4n) is 2.19. The van der Waals surface area contributed by atoms with Gasteiger partial charge in [0.05, 0.1) is 12.2 Å². The van der Waals surface area contributed by atoms with E-state index in [0.717, 1.165) is 11.4 Å². The number of para-hydroxylation sites is 1. The first-order valence-corrected chi connectivity index (χ1v) is 7.52. The largest absolute Gasteiger partial charge is 0.481 e. The van der Waals surface area contributed by atoms with Gasteiger partial charge >= 0.3 is 0 Å². The number of hydrogen-bond acceptors (Lipinski definition) is 4. The first-order valence-electron chi connectivity index (χ1n) is 7.52. The summed E-state index contributed by atoms with van der Waals surface area (Å²) in [7, 11) is 0. The van der Waals surface area contributed by atoms with Gasteiger partial charge in [-0.25, -0.2) is 9.97 Å². The molecule has 0 aliphatic heterocycles. The van der Waals surface area contributed by atoms with E-state index in [1.807, 2.05) is 36.4 Å². The van der Waals surface area contributed by atoms with Crippen molar-refractivity contribution in [2.75, 3.05) is 0 Å². The summed E-state index contributed by atoms with van der Waals surface area (Å²) in [5.41, 5.74) is 1.91. The number of amides is 1. The molecule has 1 amide bonds. The van der Waals surface area contributed by atoms with Gasteiger partial charge in [0.15, 0.2) is 6.10 Å². The van der Waals surface area contributed by atoms with E-state index in [-0.39, 0.29) is 5.91 Å². The monoisotopic (exact) mass is 297 g/mol. The number of hydrogen-bond donors (Lipinski definition) is 1. The molecule has 114 valence electrons. The molecule has 3 rings (SSSR count). The SMILES string of the molecule is CC(Oc1ccccc1)C(=O)NCc1cc(C2CC2)ncn1. The summed E-state index contributed by atoms with van der Waals surface area (Å²) >= 11 is 0. The molecule has 0 saturated heterocycles. The maximum atomic E-state index is 12.1. The predicted molar refractivity (Wildman–Crippen MR) is 82.4 cm³/mol. The molecule has 0 bridgehead atoms. The van der Waals surface area contributed by atoms with Crippen LogP contribution < -0.4 is 10.1 Å². The van der Waals surface area contributed by atoms with Crippen molar-refractivity contribution in [3.05, 3.63) is 54.1 Å². The van der Waals surface area contributed by atoms with Crippen LogP contribution in [0.25, 0.3) is 0 Å². The molecule has 22 heavy (non-hydrogen) atoms. The second kappa shape index (κ2) is 6.56. The normalized spacial score (nSPS) is 15.1. The Bertz CT molecular complexity index is 641. The van der Waals surface area contributed by atoms with Gasteiger partial charge in [-0.15, -0.1) is 0 Å².